The number of ketones is 1. The van der Waals surface area contributed by atoms with Crippen LogP contribution in [0.15, 0.2) is 42.5 Å². The fourth-order valence-electron chi connectivity index (χ4n) is 1.81. The molecule has 0 aromatic heterocycles. The minimum atomic E-state index is -0.937. The van der Waals surface area contributed by atoms with E-state index in [0.29, 0.717) is 10.6 Å². The number of Topliss-reactive ketones (excluding diaryl/α,β-unsaturated/α-hetero) is 1. The molecule has 2 rings (SSSR count). The second-order valence-electron chi connectivity index (χ2n) is 4.27. The van der Waals surface area contributed by atoms with Gasteiger partial charge in [0.15, 0.2) is 11.6 Å². The number of carbonyl (C=O) groups excluding carboxylic acids is 1. The molecule has 2 aromatic carbocycles. The zero-order valence-corrected chi connectivity index (χ0v) is 10.8. The second-order valence-corrected chi connectivity index (χ2v) is 4.71. The number of halogens is 3. The lowest BCUT2D eigenvalue weighted by Gasteiger charge is -2.03. The molecule has 0 aliphatic heterocycles. The van der Waals surface area contributed by atoms with Gasteiger partial charge in [0.1, 0.15) is 5.78 Å². The van der Waals surface area contributed by atoms with Crippen molar-refractivity contribution in [3.8, 4) is 0 Å². The Hall–Kier alpha value is -1.74. The Kier molecular flexibility index (Phi) is 4.27. The number of hydrogen-bond donors (Lipinski definition) is 0. The normalized spacial score (nSPS) is 10.5. The lowest BCUT2D eigenvalue weighted by Crippen LogP contribution is -2.07. The van der Waals surface area contributed by atoms with Gasteiger partial charge in [-0.25, -0.2) is 8.78 Å². The topological polar surface area (TPSA) is 17.1 Å². The quantitative estimate of drug-likeness (QED) is 0.828. The van der Waals surface area contributed by atoms with E-state index in [1.165, 1.54) is 6.07 Å². The monoisotopic (exact) mass is 280 g/mol. The number of benzene rings is 2. The van der Waals surface area contributed by atoms with Gasteiger partial charge in [0.05, 0.1) is 0 Å². The average molecular weight is 281 g/mol. The molecule has 0 fully saturated rings. The summed E-state index contributed by atoms with van der Waals surface area (Å²) >= 11 is 5.82. The SMILES string of the molecule is O=C(Cc1cccc(Cl)c1)Cc1ccc(F)c(F)c1. The number of rotatable bonds is 4. The minimum absolute atomic E-state index is 0.0731. The highest BCUT2D eigenvalue weighted by Crippen LogP contribution is 2.13. The Morgan fingerprint density at radius 1 is 0.947 bits per heavy atom. The molecule has 0 amide bonds. The smallest absolute Gasteiger partial charge is 0.159 e. The number of hydrogen-bond acceptors (Lipinski definition) is 1. The molecule has 1 nitrogen and oxygen atoms in total. The molecule has 0 saturated carbocycles. The maximum atomic E-state index is 13.0. The van der Waals surface area contributed by atoms with Gasteiger partial charge in [0.25, 0.3) is 0 Å². The van der Waals surface area contributed by atoms with E-state index < -0.39 is 11.6 Å². The van der Waals surface area contributed by atoms with Gasteiger partial charge in [-0.05, 0) is 35.4 Å². The third-order valence-electron chi connectivity index (χ3n) is 2.68. The Morgan fingerprint density at radius 2 is 1.63 bits per heavy atom. The summed E-state index contributed by atoms with van der Waals surface area (Å²) in [5.74, 6) is -1.92. The molecule has 0 aliphatic carbocycles. The molecule has 0 bridgehead atoms. The summed E-state index contributed by atoms with van der Waals surface area (Å²) < 4.78 is 25.8. The van der Waals surface area contributed by atoms with Crippen molar-refractivity contribution < 1.29 is 13.6 Å². The summed E-state index contributed by atoms with van der Waals surface area (Å²) in [6, 6.07) is 10.5. The Morgan fingerprint density at radius 3 is 2.26 bits per heavy atom. The van der Waals surface area contributed by atoms with Gasteiger partial charge < -0.3 is 0 Å². The average Bonchev–Trinajstić information content (AvgIpc) is 2.34. The van der Waals surface area contributed by atoms with E-state index in [0.717, 1.165) is 17.7 Å². The standard InChI is InChI=1S/C15H11ClF2O/c16-12-3-1-2-10(6-12)7-13(19)8-11-4-5-14(17)15(18)9-11/h1-6,9H,7-8H2. The van der Waals surface area contributed by atoms with Crippen molar-refractivity contribution in [2.75, 3.05) is 0 Å². The van der Waals surface area contributed by atoms with E-state index in [1.807, 2.05) is 0 Å². The van der Waals surface area contributed by atoms with Crippen LogP contribution in [0.2, 0.25) is 5.02 Å². The van der Waals surface area contributed by atoms with Gasteiger partial charge in [0.2, 0.25) is 0 Å². The summed E-state index contributed by atoms with van der Waals surface area (Å²) in [5, 5.41) is 0.568. The molecule has 0 heterocycles. The van der Waals surface area contributed by atoms with E-state index in [1.54, 1.807) is 24.3 Å². The molecule has 0 aliphatic rings. The maximum Gasteiger partial charge on any atom is 0.159 e. The first kappa shape index (κ1) is 13.7. The molecule has 0 atom stereocenters. The van der Waals surface area contributed by atoms with Gasteiger partial charge in [-0.2, -0.15) is 0 Å². The van der Waals surface area contributed by atoms with Gasteiger partial charge >= 0.3 is 0 Å². The molecule has 0 unspecified atom stereocenters. The van der Waals surface area contributed by atoms with Crippen LogP contribution in [0, 0.1) is 11.6 Å². The number of carbonyl (C=O) groups is 1. The van der Waals surface area contributed by atoms with Gasteiger partial charge in [-0.3, -0.25) is 4.79 Å². The van der Waals surface area contributed by atoms with Crippen LogP contribution in [0.3, 0.4) is 0 Å². The fourth-order valence-corrected chi connectivity index (χ4v) is 2.03. The van der Waals surface area contributed by atoms with Crippen LogP contribution in [-0.4, -0.2) is 5.78 Å². The zero-order chi connectivity index (χ0) is 13.8. The molecular weight excluding hydrogens is 270 g/mol. The maximum absolute atomic E-state index is 13.0. The first-order valence-corrected chi connectivity index (χ1v) is 6.12. The van der Waals surface area contributed by atoms with Crippen LogP contribution in [0.1, 0.15) is 11.1 Å². The molecular formula is C15H11ClF2O. The molecule has 4 heteroatoms. The minimum Gasteiger partial charge on any atom is -0.299 e. The van der Waals surface area contributed by atoms with Crippen molar-refractivity contribution in [2.45, 2.75) is 12.8 Å². The highest BCUT2D eigenvalue weighted by Gasteiger charge is 2.08. The van der Waals surface area contributed by atoms with Crippen LogP contribution >= 0.6 is 11.6 Å². The summed E-state index contributed by atoms with van der Waals surface area (Å²) in [6.45, 7) is 0. The van der Waals surface area contributed by atoms with Gasteiger partial charge in [-0.15, -0.1) is 0 Å². The van der Waals surface area contributed by atoms with Crippen LogP contribution in [0.4, 0.5) is 8.78 Å². The first-order valence-electron chi connectivity index (χ1n) is 5.74. The summed E-state index contributed by atoms with van der Waals surface area (Å²) in [7, 11) is 0. The highest BCUT2D eigenvalue weighted by molar-refractivity contribution is 6.30. The van der Waals surface area contributed by atoms with Crippen molar-refractivity contribution in [3.63, 3.8) is 0 Å². The first-order chi connectivity index (χ1) is 9.04. The molecule has 98 valence electrons. The van der Waals surface area contributed by atoms with Crippen LogP contribution in [0.25, 0.3) is 0 Å². The van der Waals surface area contributed by atoms with Crippen molar-refractivity contribution in [3.05, 3.63) is 70.2 Å². The molecule has 0 spiro atoms. The molecule has 19 heavy (non-hydrogen) atoms. The molecule has 2 aromatic rings. The highest BCUT2D eigenvalue weighted by atomic mass is 35.5. The Labute approximate surface area is 114 Å². The van der Waals surface area contributed by atoms with Crippen molar-refractivity contribution in [1.82, 2.24) is 0 Å². The third-order valence-corrected chi connectivity index (χ3v) is 2.91. The van der Waals surface area contributed by atoms with E-state index >= 15 is 0 Å². The largest absolute Gasteiger partial charge is 0.299 e. The van der Waals surface area contributed by atoms with E-state index in [-0.39, 0.29) is 18.6 Å². The predicted molar refractivity (Wildman–Crippen MR) is 70.2 cm³/mol. The van der Waals surface area contributed by atoms with Crippen molar-refractivity contribution >= 4 is 17.4 Å². The lowest BCUT2D eigenvalue weighted by molar-refractivity contribution is -0.117. The fraction of sp³-hybridized carbons (Fsp3) is 0.133. The van der Waals surface area contributed by atoms with Gasteiger partial charge in [-0.1, -0.05) is 29.8 Å². The molecule has 0 saturated heterocycles. The van der Waals surface area contributed by atoms with E-state index in [4.69, 9.17) is 11.6 Å². The zero-order valence-electron chi connectivity index (χ0n) is 10.00. The van der Waals surface area contributed by atoms with Gasteiger partial charge in [0, 0.05) is 17.9 Å². The molecule has 0 N–H and O–H groups in total. The predicted octanol–water partition coefficient (Wildman–Crippen LogP) is 3.97. The second kappa shape index (κ2) is 5.93. The Bertz CT molecular complexity index is 611. The van der Waals surface area contributed by atoms with E-state index in [2.05, 4.69) is 0 Å². The van der Waals surface area contributed by atoms with Crippen LogP contribution in [0.5, 0.6) is 0 Å². The summed E-state index contributed by atoms with van der Waals surface area (Å²) in [4.78, 5) is 11.8. The summed E-state index contributed by atoms with van der Waals surface area (Å²) in [6.07, 6.45) is 0.295. The van der Waals surface area contributed by atoms with E-state index in [9.17, 15) is 13.6 Å². The lowest BCUT2D eigenvalue weighted by atomic mass is 10.0. The van der Waals surface area contributed by atoms with Crippen LogP contribution < -0.4 is 0 Å². The third kappa shape index (κ3) is 3.86. The summed E-state index contributed by atoms with van der Waals surface area (Å²) in [5.41, 5.74) is 1.27. The van der Waals surface area contributed by atoms with Crippen molar-refractivity contribution in [1.29, 1.82) is 0 Å². The Balaban J connectivity index is 2.03. The van der Waals surface area contributed by atoms with Crippen LogP contribution in [-0.2, 0) is 17.6 Å². The molecule has 0 radical (unpaired) electrons. The van der Waals surface area contributed by atoms with Crippen molar-refractivity contribution in [2.24, 2.45) is 0 Å².